The van der Waals surface area contributed by atoms with E-state index in [-0.39, 0.29) is 5.56 Å². The summed E-state index contributed by atoms with van der Waals surface area (Å²) in [4.78, 5) is 19.5. The summed E-state index contributed by atoms with van der Waals surface area (Å²) < 4.78 is 18.7. The molecule has 3 rings (SSSR count). The number of anilines is 1. The molecule has 3 aromatic rings. The number of hydrogen-bond donors (Lipinski definition) is 1. The van der Waals surface area contributed by atoms with Crippen molar-refractivity contribution in [2.75, 3.05) is 5.32 Å². The largest absolute Gasteiger partial charge is 0.441 e. The maximum Gasteiger partial charge on any atom is 0.260 e. The molecule has 0 spiro atoms. The summed E-state index contributed by atoms with van der Waals surface area (Å²) >= 11 is 0. The van der Waals surface area contributed by atoms with Crippen LogP contribution in [0.4, 0.5) is 10.1 Å². The van der Waals surface area contributed by atoms with E-state index < -0.39 is 11.9 Å². The summed E-state index contributed by atoms with van der Waals surface area (Å²) in [5.41, 5.74) is 1.67. The molecule has 0 aliphatic rings. The molecule has 0 bridgehead atoms. The predicted octanol–water partition coefficient (Wildman–Crippen LogP) is 2.92. The van der Waals surface area contributed by atoms with Crippen molar-refractivity contribution in [3.8, 4) is 0 Å². The summed E-state index contributed by atoms with van der Waals surface area (Å²) in [6.45, 7) is 1.74. The van der Waals surface area contributed by atoms with Gasteiger partial charge in [-0.25, -0.2) is 9.97 Å². The van der Waals surface area contributed by atoms with Crippen LogP contribution in [0.2, 0.25) is 0 Å². The molecule has 0 saturated heterocycles. The Balaban J connectivity index is 1.89. The van der Waals surface area contributed by atoms with Crippen LogP contribution in [0.1, 0.15) is 16.2 Å². The molecule has 0 radical (unpaired) electrons. The third kappa shape index (κ3) is 2.23. The van der Waals surface area contributed by atoms with Gasteiger partial charge in [-0.3, -0.25) is 4.79 Å². The van der Waals surface area contributed by atoms with Gasteiger partial charge >= 0.3 is 0 Å². The van der Waals surface area contributed by atoms with Crippen molar-refractivity contribution >= 4 is 22.7 Å². The zero-order valence-electron chi connectivity index (χ0n) is 10.6. The predicted molar refractivity (Wildman–Crippen MR) is 70.9 cm³/mol. The van der Waals surface area contributed by atoms with Gasteiger partial charge in [0.25, 0.3) is 5.91 Å². The Morgan fingerprint density at radius 3 is 3.00 bits per heavy atom. The van der Waals surface area contributed by atoms with Crippen molar-refractivity contribution in [2.24, 2.45) is 0 Å². The molecule has 2 aromatic heterocycles. The first-order valence-corrected chi connectivity index (χ1v) is 5.92. The molecule has 1 amide bonds. The molecule has 0 fully saturated rings. The van der Waals surface area contributed by atoms with Gasteiger partial charge in [-0.1, -0.05) is 0 Å². The molecule has 0 atom stereocenters. The molecule has 0 saturated carbocycles. The van der Waals surface area contributed by atoms with E-state index >= 15 is 0 Å². The van der Waals surface area contributed by atoms with E-state index in [1.807, 2.05) is 0 Å². The summed E-state index contributed by atoms with van der Waals surface area (Å²) in [7, 11) is 0. The highest BCUT2D eigenvalue weighted by Crippen LogP contribution is 2.20. The molecule has 6 heteroatoms. The zero-order valence-corrected chi connectivity index (χ0v) is 10.6. The van der Waals surface area contributed by atoms with Crippen LogP contribution < -0.4 is 5.32 Å². The van der Waals surface area contributed by atoms with Crippen molar-refractivity contribution in [3.63, 3.8) is 0 Å². The van der Waals surface area contributed by atoms with E-state index in [4.69, 9.17) is 4.42 Å². The lowest BCUT2D eigenvalue weighted by molar-refractivity contribution is 0.102. The van der Waals surface area contributed by atoms with Crippen LogP contribution in [0.25, 0.3) is 11.1 Å². The number of pyridine rings is 1. The van der Waals surface area contributed by atoms with Gasteiger partial charge in [0, 0.05) is 18.8 Å². The molecular weight excluding hydrogens is 261 g/mol. The number of oxazole rings is 1. The highest BCUT2D eigenvalue weighted by molar-refractivity contribution is 6.04. The minimum atomic E-state index is -0.802. The van der Waals surface area contributed by atoms with Gasteiger partial charge in [0.2, 0.25) is 5.95 Å². The quantitative estimate of drug-likeness (QED) is 0.728. The van der Waals surface area contributed by atoms with Crippen LogP contribution in [0, 0.1) is 12.9 Å². The number of rotatable bonds is 2. The average molecular weight is 271 g/mol. The van der Waals surface area contributed by atoms with Gasteiger partial charge in [0.1, 0.15) is 5.52 Å². The topological polar surface area (TPSA) is 68.0 Å². The number of nitrogens with one attached hydrogen (secondary N) is 1. The van der Waals surface area contributed by atoms with Crippen LogP contribution in [-0.2, 0) is 0 Å². The van der Waals surface area contributed by atoms with Crippen molar-refractivity contribution in [2.45, 2.75) is 6.92 Å². The lowest BCUT2D eigenvalue weighted by Crippen LogP contribution is -2.14. The van der Waals surface area contributed by atoms with Gasteiger partial charge in [0.15, 0.2) is 11.5 Å². The Morgan fingerprint density at radius 1 is 1.35 bits per heavy atom. The number of amides is 1. The Kier molecular flexibility index (Phi) is 2.90. The fraction of sp³-hybridized carbons (Fsp3) is 0.0714. The van der Waals surface area contributed by atoms with E-state index in [1.54, 1.807) is 25.1 Å². The second-order valence-electron chi connectivity index (χ2n) is 4.21. The molecule has 1 aromatic carbocycles. The standard InChI is InChI=1S/C14H10FN3O2/c1-8-17-11-7-9(4-5-12(11)20-8)18-14(19)10-3-2-6-16-13(10)15/h2-7H,1H3,(H,18,19). The number of benzene rings is 1. The van der Waals surface area contributed by atoms with E-state index in [2.05, 4.69) is 15.3 Å². The van der Waals surface area contributed by atoms with Crippen molar-refractivity contribution < 1.29 is 13.6 Å². The Labute approximate surface area is 113 Å². The number of hydrogen-bond acceptors (Lipinski definition) is 4. The lowest BCUT2D eigenvalue weighted by atomic mass is 10.2. The zero-order chi connectivity index (χ0) is 14.1. The van der Waals surface area contributed by atoms with Crippen LogP contribution in [0.15, 0.2) is 40.9 Å². The van der Waals surface area contributed by atoms with Crippen molar-refractivity contribution in [3.05, 3.63) is 53.9 Å². The van der Waals surface area contributed by atoms with Gasteiger partial charge in [-0.15, -0.1) is 0 Å². The van der Waals surface area contributed by atoms with Crippen LogP contribution in [0.3, 0.4) is 0 Å². The Morgan fingerprint density at radius 2 is 2.20 bits per heavy atom. The van der Waals surface area contributed by atoms with Crippen LogP contribution in [-0.4, -0.2) is 15.9 Å². The first kappa shape index (κ1) is 12.3. The molecule has 20 heavy (non-hydrogen) atoms. The maximum absolute atomic E-state index is 13.4. The van der Waals surface area contributed by atoms with Gasteiger partial charge in [0.05, 0.1) is 5.56 Å². The Hall–Kier alpha value is -2.76. The minimum Gasteiger partial charge on any atom is -0.441 e. The van der Waals surface area contributed by atoms with E-state index in [0.717, 1.165) is 0 Å². The maximum atomic E-state index is 13.4. The summed E-state index contributed by atoms with van der Waals surface area (Å²) in [5, 5.41) is 2.60. The van der Waals surface area contributed by atoms with E-state index in [0.29, 0.717) is 22.7 Å². The average Bonchev–Trinajstić information content (AvgIpc) is 2.78. The molecule has 0 aliphatic heterocycles. The number of aromatic nitrogens is 2. The van der Waals surface area contributed by atoms with Gasteiger partial charge < -0.3 is 9.73 Å². The normalized spacial score (nSPS) is 10.7. The third-order valence-electron chi connectivity index (χ3n) is 2.76. The third-order valence-corrected chi connectivity index (χ3v) is 2.76. The number of carbonyl (C=O) groups is 1. The van der Waals surface area contributed by atoms with Gasteiger partial charge in [-0.2, -0.15) is 4.39 Å². The van der Waals surface area contributed by atoms with Crippen LogP contribution in [0.5, 0.6) is 0 Å². The van der Waals surface area contributed by atoms with E-state index in [9.17, 15) is 9.18 Å². The summed E-state index contributed by atoms with van der Waals surface area (Å²) in [6, 6.07) is 7.90. The van der Waals surface area contributed by atoms with Crippen molar-refractivity contribution in [1.82, 2.24) is 9.97 Å². The Bertz CT molecular complexity index is 798. The smallest absolute Gasteiger partial charge is 0.260 e. The fourth-order valence-electron chi connectivity index (χ4n) is 1.87. The molecule has 5 nitrogen and oxygen atoms in total. The molecule has 100 valence electrons. The number of carbonyl (C=O) groups excluding carboxylic acids is 1. The molecule has 1 N–H and O–H groups in total. The lowest BCUT2D eigenvalue weighted by Gasteiger charge is -2.05. The molecule has 2 heterocycles. The molecular formula is C14H10FN3O2. The van der Waals surface area contributed by atoms with Gasteiger partial charge in [-0.05, 0) is 30.3 Å². The molecule has 0 aliphatic carbocycles. The second kappa shape index (κ2) is 4.73. The monoisotopic (exact) mass is 271 g/mol. The first-order chi connectivity index (χ1) is 9.63. The fourth-order valence-corrected chi connectivity index (χ4v) is 1.87. The summed E-state index contributed by atoms with van der Waals surface area (Å²) in [6.07, 6.45) is 1.29. The number of fused-ring (bicyclic) bond motifs is 1. The number of halogens is 1. The van der Waals surface area contributed by atoms with Crippen molar-refractivity contribution in [1.29, 1.82) is 0 Å². The SMILES string of the molecule is Cc1nc2cc(NC(=O)c3cccnc3F)ccc2o1. The first-order valence-electron chi connectivity index (χ1n) is 5.92. The van der Waals surface area contributed by atoms with E-state index in [1.165, 1.54) is 18.3 Å². The molecule has 0 unspecified atom stereocenters. The number of nitrogens with zero attached hydrogens (tertiary/aromatic N) is 2. The minimum absolute atomic E-state index is 0.107. The summed E-state index contributed by atoms with van der Waals surface area (Å²) in [5.74, 6) is -0.819. The number of aryl methyl sites for hydroxylation is 1. The van der Waals surface area contributed by atoms with Crippen LogP contribution >= 0.6 is 0 Å². The second-order valence-corrected chi connectivity index (χ2v) is 4.21. The highest BCUT2D eigenvalue weighted by atomic mass is 19.1. The highest BCUT2D eigenvalue weighted by Gasteiger charge is 2.12.